The highest BCUT2D eigenvalue weighted by molar-refractivity contribution is 5.50. The first-order chi connectivity index (χ1) is 10.2. The molecule has 3 fully saturated rings. The van der Waals surface area contributed by atoms with Gasteiger partial charge in [-0.3, -0.25) is 0 Å². The van der Waals surface area contributed by atoms with Gasteiger partial charge in [-0.2, -0.15) is 0 Å². The van der Waals surface area contributed by atoms with Gasteiger partial charge in [-0.05, 0) is 74.5 Å². The van der Waals surface area contributed by atoms with Gasteiger partial charge in [0, 0.05) is 6.42 Å². The van der Waals surface area contributed by atoms with Crippen molar-refractivity contribution in [1.82, 2.24) is 0 Å². The number of rotatable bonds is 2. The summed E-state index contributed by atoms with van der Waals surface area (Å²) in [6, 6.07) is 0. The van der Waals surface area contributed by atoms with E-state index in [4.69, 9.17) is 4.74 Å². The van der Waals surface area contributed by atoms with E-state index in [9.17, 15) is 4.79 Å². The molecule has 3 aliphatic rings. The number of hydrogen-bond acceptors (Lipinski definition) is 2. The molecule has 22 heavy (non-hydrogen) atoms. The van der Waals surface area contributed by atoms with Gasteiger partial charge in [0.1, 0.15) is 6.29 Å². The molecule has 1 heterocycles. The molecule has 126 valence electrons. The van der Waals surface area contributed by atoms with Crippen molar-refractivity contribution in [3.05, 3.63) is 0 Å². The number of aldehydes is 1. The summed E-state index contributed by atoms with van der Waals surface area (Å²) in [5, 5.41) is 0. The van der Waals surface area contributed by atoms with Crippen LogP contribution in [0.25, 0.3) is 0 Å². The van der Waals surface area contributed by atoms with Crippen LogP contribution in [-0.2, 0) is 9.53 Å². The lowest BCUT2D eigenvalue weighted by Crippen LogP contribution is -2.63. The highest BCUT2D eigenvalue weighted by atomic mass is 16.5. The first-order valence-corrected chi connectivity index (χ1v) is 9.34. The second kappa shape index (κ2) is 5.33. The lowest BCUT2D eigenvalue weighted by atomic mass is 9.43. The van der Waals surface area contributed by atoms with Gasteiger partial charge in [0.2, 0.25) is 0 Å². The summed E-state index contributed by atoms with van der Waals surface area (Å²) < 4.78 is 6.52. The molecule has 3 rings (SSSR count). The summed E-state index contributed by atoms with van der Waals surface area (Å²) in [7, 11) is 0. The Kier molecular flexibility index (Phi) is 3.99. The van der Waals surface area contributed by atoms with E-state index in [-0.39, 0.29) is 5.60 Å². The van der Waals surface area contributed by atoms with Crippen LogP contribution >= 0.6 is 0 Å². The minimum absolute atomic E-state index is 0.0238. The van der Waals surface area contributed by atoms with E-state index in [1.807, 2.05) is 0 Å². The number of fused-ring (bicyclic) bond motifs is 3. The summed E-state index contributed by atoms with van der Waals surface area (Å²) in [4.78, 5) is 11.3. The molecule has 0 bridgehead atoms. The average Bonchev–Trinajstić information content (AvgIpc) is 2.35. The minimum atomic E-state index is -0.0238. The molecule has 0 aromatic carbocycles. The lowest BCUT2D eigenvalue weighted by Gasteiger charge is -2.66. The Bertz CT molecular complexity index is 443. The van der Waals surface area contributed by atoms with E-state index >= 15 is 0 Å². The summed E-state index contributed by atoms with van der Waals surface area (Å²) in [6.45, 7) is 12.0. The summed E-state index contributed by atoms with van der Waals surface area (Å²) in [5.74, 6) is 1.82. The Labute approximate surface area is 136 Å². The SMILES string of the molecule is CC1CC(CC=O)[C@@H]2[C@@]3(C)CCCC(C)(C)[C@@H]3CC[C@@]2(C)O1. The normalized spacial score (nSPS) is 50.8. The van der Waals surface area contributed by atoms with Gasteiger partial charge in [-0.1, -0.05) is 27.2 Å². The number of hydrogen-bond donors (Lipinski definition) is 0. The summed E-state index contributed by atoms with van der Waals surface area (Å²) >= 11 is 0. The van der Waals surface area contributed by atoms with Gasteiger partial charge in [-0.15, -0.1) is 0 Å². The Balaban J connectivity index is 2.01. The molecule has 0 amide bonds. The van der Waals surface area contributed by atoms with Crippen molar-refractivity contribution in [3.63, 3.8) is 0 Å². The largest absolute Gasteiger partial charge is 0.372 e. The predicted octanol–water partition coefficient (Wildman–Crippen LogP) is 5.00. The fourth-order valence-corrected chi connectivity index (χ4v) is 7.14. The van der Waals surface area contributed by atoms with Gasteiger partial charge in [0.15, 0.2) is 0 Å². The monoisotopic (exact) mass is 306 g/mol. The molecule has 2 saturated carbocycles. The Morgan fingerprint density at radius 3 is 2.55 bits per heavy atom. The van der Waals surface area contributed by atoms with Crippen LogP contribution in [0.2, 0.25) is 0 Å². The quantitative estimate of drug-likeness (QED) is 0.671. The Morgan fingerprint density at radius 1 is 1.14 bits per heavy atom. The zero-order valence-electron chi connectivity index (χ0n) is 15.2. The molecule has 2 unspecified atom stereocenters. The van der Waals surface area contributed by atoms with Crippen LogP contribution in [0.5, 0.6) is 0 Å². The molecule has 0 aromatic rings. The topological polar surface area (TPSA) is 26.3 Å². The number of carbonyl (C=O) groups excluding carboxylic acids is 1. The second-order valence-electron chi connectivity index (χ2n) is 9.56. The molecule has 0 aromatic heterocycles. The van der Waals surface area contributed by atoms with Crippen LogP contribution in [0.1, 0.15) is 79.6 Å². The Morgan fingerprint density at radius 2 is 1.86 bits per heavy atom. The molecule has 1 saturated heterocycles. The van der Waals surface area contributed by atoms with Gasteiger partial charge in [0.05, 0.1) is 11.7 Å². The van der Waals surface area contributed by atoms with Gasteiger partial charge >= 0.3 is 0 Å². The number of carbonyl (C=O) groups is 1. The zero-order chi connectivity index (χ0) is 16.2. The van der Waals surface area contributed by atoms with E-state index in [1.54, 1.807) is 0 Å². The van der Waals surface area contributed by atoms with Crippen LogP contribution in [0.4, 0.5) is 0 Å². The molecule has 1 aliphatic heterocycles. The van der Waals surface area contributed by atoms with E-state index in [2.05, 4.69) is 34.6 Å². The molecule has 2 heteroatoms. The van der Waals surface area contributed by atoms with Crippen molar-refractivity contribution in [2.75, 3.05) is 0 Å². The van der Waals surface area contributed by atoms with Crippen LogP contribution in [0.3, 0.4) is 0 Å². The third kappa shape index (κ3) is 2.37. The molecule has 6 atom stereocenters. The molecule has 2 nitrogen and oxygen atoms in total. The molecule has 0 N–H and O–H groups in total. The van der Waals surface area contributed by atoms with E-state index in [0.717, 1.165) is 25.0 Å². The zero-order valence-corrected chi connectivity index (χ0v) is 15.2. The van der Waals surface area contributed by atoms with Crippen LogP contribution in [0.15, 0.2) is 0 Å². The fourth-order valence-electron chi connectivity index (χ4n) is 7.14. The van der Waals surface area contributed by atoms with Crippen molar-refractivity contribution < 1.29 is 9.53 Å². The minimum Gasteiger partial charge on any atom is -0.372 e. The van der Waals surface area contributed by atoms with Crippen molar-refractivity contribution in [2.24, 2.45) is 28.6 Å². The smallest absolute Gasteiger partial charge is 0.120 e. The molecule has 0 radical (unpaired) electrons. The molecular weight excluding hydrogens is 272 g/mol. The Hall–Kier alpha value is -0.370. The second-order valence-corrected chi connectivity index (χ2v) is 9.56. The van der Waals surface area contributed by atoms with Crippen molar-refractivity contribution in [1.29, 1.82) is 0 Å². The maximum Gasteiger partial charge on any atom is 0.120 e. The van der Waals surface area contributed by atoms with Gasteiger partial charge in [0.25, 0.3) is 0 Å². The highest BCUT2D eigenvalue weighted by Gasteiger charge is 2.62. The first-order valence-electron chi connectivity index (χ1n) is 9.34. The van der Waals surface area contributed by atoms with Crippen molar-refractivity contribution in [2.45, 2.75) is 91.3 Å². The van der Waals surface area contributed by atoms with Crippen LogP contribution in [-0.4, -0.2) is 18.0 Å². The summed E-state index contributed by atoms with van der Waals surface area (Å²) in [6.07, 6.45) is 9.68. The van der Waals surface area contributed by atoms with E-state index < -0.39 is 0 Å². The fraction of sp³-hybridized carbons (Fsp3) is 0.950. The average molecular weight is 306 g/mol. The summed E-state index contributed by atoms with van der Waals surface area (Å²) in [5.41, 5.74) is 0.746. The third-order valence-electron chi connectivity index (χ3n) is 7.55. The maximum atomic E-state index is 11.3. The standard InChI is InChI=1S/C20H34O2/c1-14-13-15(8-12-21)17-19(4)10-6-9-18(2,3)16(19)7-11-20(17,5)22-14/h12,14-17H,6-11,13H2,1-5H3/t14?,15?,16-,17+,19-,20+/m0/s1. The van der Waals surface area contributed by atoms with Gasteiger partial charge in [-0.25, -0.2) is 0 Å². The maximum absolute atomic E-state index is 11.3. The predicted molar refractivity (Wildman–Crippen MR) is 89.7 cm³/mol. The molecular formula is C20H34O2. The van der Waals surface area contributed by atoms with Crippen molar-refractivity contribution in [3.8, 4) is 0 Å². The van der Waals surface area contributed by atoms with E-state index in [0.29, 0.717) is 28.8 Å². The van der Waals surface area contributed by atoms with Crippen molar-refractivity contribution >= 4 is 6.29 Å². The highest BCUT2D eigenvalue weighted by Crippen LogP contribution is 2.66. The first kappa shape index (κ1) is 16.5. The third-order valence-corrected chi connectivity index (χ3v) is 7.55. The number of ether oxygens (including phenoxy) is 1. The molecule has 2 aliphatic carbocycles. The van der Waals surface area contributed by atoms with Crippen LogP contribution < -0.4 is 0 Å². The lowest BCUT2D eigenvalue weighted by molar-refractivity contribution is -0.252. The van der Waals surface area contributed by atoms with Crippen LogP contribution in [0, 0.1) is 28.6 Å². The van der Waals surface area contributed by atoms with E-state index in [1.165, 1.54) is 32.1 Å². The molecule has 0 spiro atoms. The van der Waals surface area contributed by atoms with Gasteiger partial charge < -0.3 is 9.53 Å².